The maximum atomic E-state index is 12.8. The fourth-order valence-electron chi connectivity index (χ4n) is 4.88. The van der Waals surface area contributed by atoms with Gasteiger partial charge in [-0.25, -0.2) is 9.97 Å². The maximum absolute atomic E-state index is 12.8. The second-order valence-corrected chi connectivity index (χ2v) is 9.27. The highest BCUT2D eigenvalue weighted by molar-refractivity contribution is 5.94. The Labute approximate surface area is 208 Å². The zero-order chi connectivity index (χ0) is 24.5. The standard InChI is InChI=1S/C26H28N8O2/c1-2-19(10-18-12-28-33-32-18)36-15-25(35)34-13-17-11-27-26(30-23(17)14-34)31-24-8-7-21-20-6-4-3-5-16(20)9-22(21)29-24/h3-7,9,11-12,19,24,29H,2,8,10,13-15H2,1H3,(H,27,30,31)(H,28,32,33)/t19?,24-/m0/s1. The number of ether oxygens (including phenoxy) is 1. The first-order valence-electron chi connectivity index (χ1n) is 12.3. The number of fused-ring (bicyclic) bond motifs is 4. The SMILES string of the molecule is CCC(Cc1c[nH]nn1)OCC(=O)N1Cc2cnc(N[C@H]3CC=C4C(=Cc5ccccc54)N3)nc2C1. The third-order valence-corrected chi connectivity index (χ3v) is 6.84. The molecule has 2 atom stereocenters. The number of carbonyl (C=O) groups is 1. The van der Waals surface area contributed by atoms with Crippen LogP contribution >= 0.6 is 0 Å². The smallest absolute Gasteiger partial charge is 0.249 e. The van der Waals surface area contributed by atoms with Gasteiger partial charge in [-0.1, -0.05) is 42.5 Å². The van der Waals surface area contributed by atoms with Crippen molar-refractivity contribution in [1.82, 2.24) is 35.6 Å². The number of carbonyl (C=O) groups excluding carboxylic acids is 1. The summed E-state index contributed by atoms with van der Waals surface area (Å²) in [7, 11) is 0. The average molecular weight is 485 g/mol. The van der Waals surface area contributed by atoms with Gasteiger partial charge in [0.1, 0.15) is 12.8 Å². The van der Waals surface area contributed by atoms with E-state index in [1.807, 2.05) is 13.1 Å². The molecule has 4 heterocycles. The van der Waals surface area contributed by atoms with Gasteiger partial charge < -0.3 is 20.3 Å². The Morgan fingerprint density at radius 1 is 1.31 bits per heavy atom. The molecule has 1 unspecified atom stereocenters. The molecule has 184 valence electrons. The van der Waals surface area contributed by atoms with Gasteiger partial charge in [-0.2, -0.15) is 0 Å². The minimum atomic E-state index is -0.0834. The van der Waals surface area contributed by atoms with Crippen LogP contribution in [0.15, 0.2) is 48.4 Å². The Balaban J connectivity index is 1.04. The molecule has 3 aromatic rings. The van der Waals surface area contributed by atoms with E-state index in [2.05, 4.69) is 67.4 Å². The highest BCUT2D eigenvalue weighted by Gasteiger charge is 2.28. The fraction of sp³-hybridized carbons (Fsp3) is 0.346. The van der Waals surface area contributed by atoms with Crippen molar-refractivity contribution in [3.63, 3.8) is 0 Å². The van der Waals surface area contributed by atoms with Crippen LogP contribution < -0.4 is 10.6 Å². The predicted molar refractivity (Wildman–Crippen MR) is 134 cm³/mol. The normalized spacial score (nSPS) is 18.5. The number of aromatic amines is 1. The molecule has 0 saturated heterocycles. The molecule has 1 amide bonds. The fourth-order valence-corrected chi connectivity index (χ4v) is 4.88. The first-order chi connectivity index (χ1) is 17.7. The molecular formula is C26H28N8O2. The number of hydrogen-bond acceptors (Lipinski definition) is 8. The first kappa shape index (κ1) is 22.4. The van der Waals surface area contributed by atoms with Crippen molar-refractivity contribution in [2.24, 2.45) is 0 Å². The second kappa shape index (κ2) is 9.54. The zero-order valence-corrected chi connectivity index (χ0v) is 20.1. The van der Waals surface area contributed by atoms with Crippen molar-refractivity contribution in [1.29, 1.82) is 0 Å². The lowest BCUT2D eigenvalue weighted by Crippen LogP contribution is -2.38. The molecule has 0 bridgehead atoms. The Morgan fingerprint density at radius 3 is 3.08 bits per heavy atom. The van der Waals surface area contributed by atoms with Crippen LogP contribution in [0.5, 0.6) is 0 Å². The largest absolute Gasteiger partial charge is 0.368 e. The van der Waals surface area contributed by atoms with Gasteiger partial charge in [0.25, 0.3) is 0 Å². The van der Waals surface area contributed by atoms with Gasteiger partial charge in [0.15, 0.2) is 0 Å². The lowest BCUT2D eigenvalue weighted by Gasteiger charge is -2.26. The number of rotatable bonds is 8. The summed E-state index contributed by atoms with van der Waals surface area (Å²) in [5, 5.41) is 17.4. The third kappa shape index (κ3) is 4.47. The predicted octanol–water partition coefficient (Wildman–Crippen LogP) is 2.64. The number of benzene rings is 1. The zero-order valence-electron chi connectivity index (χ0n) is 20.1. The Morgan fingerprint density at radius 2 is 2.22 bits per heavy atom. The summed E-state index contributed by atoms with van der Waals surface area (Å²) in [6.07, 6.45) is 10.1. The quantitative estimate of drug-likeness (QED) is 0.446. The van der Waals surface area contributed by atoms with E-state index in [1.54, 1.807) is 11.1 Å². The summed E-state index contributed by atoms with van der Waals surface area (Å²) >= 11 is 0. The molecule has 1 aromatic carbocycles. The topological polar surface area (TPSA) is 121 Å². The molecule has 0 saturated carbocycles. The number of nitrogens with zero attached hydrogens (tertiary/aromatic N) is 5. The monoisotopic (exact) mass is 484 g/mol. The number of amides is 1. The number of aromatic nitrogens is 5. The van der Waals surface area contributed by atoms with Crippen LogP contribution in [0, 0.1) is 0 Å². The molecule has 3 N–H and O–H groups in total. The summed E-state index contributed by atoms with van der Waals surface area (Å²) in [4.78, 5) is 23.8. The number of allylic oxidation sites excluding steroid dienone is 1. The van der Waals surface area contributed by atoms with Crippen LogP contribution in [0.2, 0.25) is 0 Å². The maximum Gasteiger partial charge on any atom is 0.249 e. The number of hydrogen-bond donors (Lipinski definition) is 3. The van der Waals surface area contributed by atoms with E-state index in [1.165, 1.54) is 16.7 Å². The minimum Gasteiger partial charge on any atom is -0.368 e. The summed E-state index contributed by atoms with van der Waals surface area (Å²) in [5.74, 6) is 0.504. The summed E-state index contributed by atoms with van der Waals surface area (Å²) < 4.78 is 5.88. The van der Waals surface area contributed by atoms with E-state index in [-0.39, 0.29) is 24.8 Å². The van der Waals surface area contributed by atoms with Crippen LogP contribution in [-0.4, -0.2) is 55.1 Å². The van der Waals surface area contributed by atoms with E-state index in [4.69, 9.17) is 9.72 Å². The molecular weight excluding hydrogens is 456 g/mol. The molecule has 10 nitrogen and oxygen atoms in total. The van der Waals surface area contributed by atoms with Gasteiger partial charge >= 0.3 is 0 Å². The van der Waals surface area contributed by atoms with Crippen LogP contribution in [-0.2, 0) is 29.0 Å². The molecule has 1 aliphatic carbocycles. The number of anilines is 1. The van der Waals surface area contributed by atoms with Crippen molar-refractivity contribution in [3.8, 4) is 0 Å². The van der Waals surface area contributed by atoms with Gasteiger partial charge in [-0.15, -0.1) is 5.10 Å². The summed E-state index contributed by atoms with van der Waals surface area (Å²) in [5.41, 5.74) is 7.53. The first-order valence-corrected chi connectivity index (χ1v) is 12.3. The van der Waals surface area contributed by atoms with Gasteiger partial charge in [-0.3, -0.25) is 9.89 Å². The van der Waals surface area contributed by atoms with Gasteiger partial charge in [-0.05, 0) is 23.6 Å². The van der Waals surface area contributed by atoms with Crippen LogP contribution in [0.4, 0.5) is 5.95 Å². The molecule has 2 aliphatic heterocycles. The highest BCUT2D eigenvalue weighted by Crippen LogP contribution is 2.36. The molecule has 2 aromatic heterocycles. The lowest BCUT2D eigenvalue weighted by atomic mass is 10.0. The van der Waals surface area contributed by atoms with E-state index in [9.17, 15) is 4.79 Å². The van der Waals surface area contributed by atoms with E-state index in [0.717, 1.165) is 35.5 Å². The van der Waals surface area contributed by atoms with Crippen LogP contribution in [0.3, 0.4) is 0 Å². The number of nitrogens with one attached hydrogen (secondary N) is 3. The van der Waals surface area contributed by atoms with Crippen LogP contribution in [0.25, 0.3) is 11.6 Å². The van der Waals surface area contributed by atoms with Gasteiger partial charge in [0.2, 0.25) is 11.9 Å². The average Bonchev–Trinajstić information content (AvgIpc) is 3.64. The summed E-state index contributed by atoms with van der Waals surface area (Å²) in [6.45, 7) is 3.01. The molecule has 36 heavy (non-hydrogen) atoms. The molecule has 10 heteroatoms. The Hall–Kier alpha value is -4.05. The van der Waals surface area contributed by atoms with Crippen molar-refractivity contribution < 1.29 is 9.53 Å². The third-order valence-electron chi connectivity index (χ3n) is 6.84. The molecule has 6 rings (SSSR count). The van der Waals surface area contributed by atoms with Gasteiger partial charge in [0.05, 0.1) is 24.0 Å². The van der Waals surface area contributed by atoms with Crippen molar-refractivity contribution in [2.75, 3.05) is 11.9 Å². The second-order valence-electron chi connectivity index (χ2n) is 9.27. The molecule has 0 spiro atoms. The highest BCUT2D eigenvalue weighted by atomic mass is 16.5. The van der Waals surface area contributed by atoms with Crippen LogP contribution in [0.1, 0.15) is 47.8 Å². The van der Waals surface area contributed by atoms with E-state index < -0.39 is 0 Å². The Bertz CT molecular complexity index is 1330. The van der Waals surface area contributed by atoms with Crippen molar-refractivity contribution in [2.45, 2.75) is 51.5 Å². The van der Waals surface area contributed by atoms with E-state index in [0.29, 0.717) is 25.5 Å². The molecule has 0 radical (unpaired) electrons. The van der Waals surface area contributed by atoms with Crippen molar-refractivity contribution >= 4 is 23.5 Å². The van der Waals surface area contributed by atoms with Gasteiger partial charge in [0, 0.05) is 48.6 Å². The van der Waals surface area contributed by atoms with E-state index >= 15 is 0 Å². The minimum absolute atomic E-state index is 0.00408. The lowest BCUT2D eigenvalue weighted by molar-refractivity contribution is -0.138. The van der Waals surface area contributed by atoms with Crippen molar-refractivity contribution in [3.05, 3.63) is 76.5 Å². The summed E-state index contributed by atoms with van der Waals surface area (Å²) in [6, 6.07) is 8.41. The molecule has 0 fully saturated rings. The number of H-pyrrole nitrogens is 1. The Kier molecular flexibility index (Phi) is 5.94. The molecule has 3 aliphatic rings.